The lowest BCUT2D eigenvalue weighted by atomic mass is 9.91. The van der Waals surface area contributed by atoms with Crippen molar-refractivity contribution in [2.24, 2.45) is 5.92 Å². The lowest BCUT2D eigenvalue weighted by molar-refractivity contribution is -0.158. The molecule has 0 aromatic heterocycles. The van der Waals surface area contributed by atoms with E-state index >= 15 is 0 Å². The second kappa shape index (κ2) is 7.63. The van der Waals surface area contributed by atoms with E-state index in [0.717, 1.165) is 16.3 Å². The maximum Gasteiger partial charge on any atom is 0.318 e. The second-order valence-corrected chi connectivity index (χ2v) is 5.85. The van der Waals surface area contributed by atoms with Gasteiger partial charge in [-0.1, -0.05) is 24.3 Å². The predicted octanol–water partition coefficient (Wildman–Crippen LogP) is 2.64. The SMILES string of the molecule is COCOc1cc(C2CC(=O)C(C(=O)OC)CO2)c2ccccc2c1. The van der Waals surface area contributed by atoms with Gasteiger partial charge in [0.1, 0.15) is 11.7 Å². The Morgan fingerprint density at radius 2 is 2.04 bits per heavy atom. The van der Waals surface area contributed by atoms with Gasteiger partial charge < -0.3 is 18.9 Å². The van der Waals surface area contributed by atoms with E-state index in [1.165, 1.54) is 7.11 Å². The highest BCUT2D eigenvalue weighted by atomic mass is 16.7. The summed E-state index contributed by atoms with van der Waals surface area (Å²) in [5, 5.41) is 1.97. The Kier molecular flexibility index (Phi) is 5.31. The molecule has 0 saturated carbocycles. The molecule has 2 aromatic rings. The normalized spacial score (nSPS) is 20.5. The molecular formula is C19H20O6. The van der Waals surface area contributed by atoms with Crippen LogP contribution in [0, 0.1) is 5.92 Å². The summed E-state index contributed by atoms with van der Waals surface area (Å²) in [6.45, 7) is 0.153. The lowest BCUT2D eigenvalue weighted by Crippen LogP contribution is -2.36. The summed E-state index contributed by atoms with van der Waals surface area (Å²) in [5.74, 6) is -0.928. The Morgan fingerprint density at radius 1 is 1.24 bits per heavy atom. The lowest BCUT2D eigenvalue weighted by Gasteiger charge is -2.28. The van der Waals surface area contributed by atoms with Crippen molar-refractivity contribution in [1.82, 2.24) is 0 Å². The molecule has 0 N–H and O–H groups in total. The Morgan fingerprint density at radius 3 is 2.76 bits per heavy atom. The van der Waals surface area contributed by atoms with Crippen molar-refractivity contribution in [3.8, 4) is 5.75 Å². The third-order valence-corrected chi connectivity index (χ3v) is 4.28. The fourth-order valence-electron chi connectivity index (χ4n) is 3.02. The van der Waals surface area contributed by atoms with Crippen LogP contribution in [0.2, 0.25) is 0 Å². The Hall–Kier alpha value is -2.44. The molecule has 2 atom stereocenters. The number of carbonyl (C=O) groups excluding carboxylic acids is 2. The van der Waals surface area contributed by atoms with E-state index in [-0.39, 0.29) is 25.6 Å². The smallest absolute Gasteiger partial charge is 0.318 e. The zero-order valence-corrected chi connectivity index (χ0v) is 14.2. The summed E-state index contributed by atoms with van der Waals surface area (Å²) in [5.41, 5.74) is 0.862. The molecule has 0 aliphatic carbocycles. The van der Waals surface area contributed by atoms with E-state index in [9.17, 15) is 9.59 Å². The highest BCUT2D eigenvalue weighted by molar-refractivity contribution is 6.00. The summed E-state index contributed by atoms with van der Waals surface area (Å²) in [7, 11) is 2.82. The van der Waals surface area contributed by atoms with Gasteiger partial charge in [0.05, 0.1) is 19.8 Å². The maximum atomic E-state index is 12.3. The molecular weight excluding hydrogens is 324 g/mol. The fourth-order valence-corrected chi connectivity index (χ4v) is 3.02. The molecule has 132 valence electrons. The van der Waals surface area contributed by atoms with Crippen molar-refractivity contribution in [2.75, 3.05) is 27.6 Å². The molecule has 2 aromatic carbocycles. The average molecular weight is 344 g/mol. The number of rotatable bonds is 5. The minimum absolute atomic E-state index is 0.0215. The first-order valence-electron chi connectivity index (χ1n) is 8.00. The summed E-state index contributed by atoms with van der Waals surface area (Å²) in [4.78, 5) is 24.0. The van der Waals surface area contributed by atoms with Gasteiger partial charge >= 0.3 is 5.97 Å². The number of fused-ring (bicyclic) bond motifs is 1. The van der Waals surface area contributed by atoms with Crippen LogP contribution in [0.15, 0.2) is 36.4 Å². The van der Waals surface area contributed by atoms with Gasteiger partial charge in [-0.2, -0.15) is 0 Å². The van der Waals surface area contributed by atoms with Gasteiger partial charge in [-0.25, -0.2) is 0 Å². The molecule has 6 heteroatoms. The fraction of sp³-hybridized carbons (Fsp3) is 0.368. The molecule has 1 saturated heterocycles. The van der Waals surface area contributed by atoms with E-state index < -0.39 is 18.0 Å². The summed E-state index contributed by atoms with van der Waals surface area (Å²) >= 11 is 0. The number of ketones is 1. The van der Waals surface area contributed by atoms with Gasteiger partial charge in [0.2, 0.25) is 0 Å². The minimum Gasteiger partial charge on any atom is -0.468 e. The third-order valence-electron chi connectivity index (χ3n) is 4.28. The molecule has 0 spiro atoms. The van der Waals surface area contributed by atoms with Crippen LogP contribution in [-0.4, -0.2) is 39.4 Å². The number of ether oxygens (including phenoxy) is 4. The van der Waals surface area contributed by atoms with Crippen LogP contribution in [-0.2, 0) is 23.8 Å². The zero-order valence-electron chi connectivity index (χ0n) is 14.2. The first-order chi connectivity index (χ1) is 12.1. The standard InChI is InChI=1S/C19H20O6/c1-22-11-25-13-7-12-5-3-4-6-14(12)15(8-13)18-9-17(20)16(10-24-18)19(21)23-2/h3-8,16,18H,9-11H2,1-2H3. The molecule has 1 heterocycles. The van der Waals surface area contributed by atoms with Crippen LogP contribution >= 0.6 is 0 Å². The molecule has 6 nitrogen and oxygen atoms in total. The van der Waals surface area contributed by atoms with E-state index in [4.69, 9.17) is 14.2 Å². The predicted molar refractivity (Wildman–Crippen MR) is 90.3 cm³/mol. The molecule has 1 aliphatic rings. The molecule has 2 unspecified atom stereocenters. The Labute approximate surface area is 145 Å². The molecule has 0 bridgehead atoms. The minimum atomic E-state index is -0.847. The van der Waals surface area contributed by atoms with Crippen molar-refractivity contribution in [3.05, 3.63) is 42.0 Å². The number of methoxy groups -OCH3 is 2. The number of benzene rings is 2. The van der Waals surface area contributed by atoms with Crippen molar-refractivity contribution in [3.63, 3.8) is 0 Å². The van der Waals surface area contributed by atoms with Crippen LogP contribution in [0.3, 0.4) is 0 Å². The Bertz CT molecular complexity index is 785. The first kappa shape index (κ1) is 17.4. The molecule has 25 heavy (non-hydrogen) atoms. The van der Waals surface area contributed by atoms with Gasteiger partial charge in [-0.15, -0.1) is 0 Å². The zero-order chi connectivity index (χ0) is 17.8. The average Bonchev–Trinajstić information content (AvgIpc) is 2.65. The quantitative estimate of drug-likeness (QED) is 0.472. The van der Waals surface area contributed by atoms with Crippen LogP contribution in [0.4, 0.5) is 0 Å². The van der Waals surface area contributed by atoms with Gasteiger partial charge in [0, 0.05) is 13.5 Å². The van der Waals surface area contributed by atoms with Gasteiger partial charge in [0.15, 0.2) is 12.6 Å². The topological polar surface area (TPSA) is 71.1 Å². The monoisotopic (exact) mass is 344 g/mol. The van der Waals surface area contributed by atoms with E-state index in [2.05, 4.69) is 4.74 Å². The van der Waals surface area contributed by atoms with Crippen LogP contribution in [0.25, 0.3) is 10.8 Å². The summed E-state index contributed by atoms with van der Waals surface area (Å²) in [6.07, 6.45) is -0.304. The van der Waals surface area contributed by atoms with Gasteiger partial charge in [-0.05, 0) is 28.5 Å². The number of Topliss-reactive ketones (excluding diaryl/α,β-unsaturated/α-hetero) is 1. The van der Waals surface area contributed by atoms with Crippen molar-refractivity contribution in [1.29, 1.82) is 0 Å². The van der Waals surface area contributed by atoms with Crippen molar-refractivity contribution in [2.45, 2.75) is 12.5 Å². The van der Waals surface area contributed by atoms with Crippen LogP contribution in [0.1, 0.15) is 18.1 Å². The van der Waals surface area contributed by atoms with Crippen molar-refractivity contribution < 1.29 is 28.5 Å². The van der Waals surface area contributed by atoms with E-state index in [0.29, 0.717) is 5.75 Å². The highest BCUT2D eigenvalue weighted by Crippen LogP contribution is 2.36. The number of hydrogen-bond acceptors (Lipinski definition) is 6. The number of esters is 1. The van der Waals surface area contributed by atoms with Crippen LogP contribution in [0.5, 0.6) is 5.75 Å². The summed E-state index contributed by atoms with van der Waals surface area (Å²) < 4.78 is 21.0. The summed E-state index contributed by atoms with van der Waals surface area (Å²) in [6, 6.07) is 11.6. The van der Waals surface area contributed by atoms with Crippen molar-refractivity contribution >= 4 is 22.5 Å². The molecule has 3 rings (SSSR count). The number of carbonyl (C=O) groups is 2. The second-order valence-electron chi connectivity index (χ2n) is 5.85. The number of hydrogen-bond donors (Lipinski definition) is 0. The van der Waals surface area contributed by atoms with E-state index in [1.807, 2.05) is 36.4 Å². The molecule has 1 fully saturated rings. The molecule has 0 amide bonds. The van der Waals surface area contributed by atoms with Crippen LogP contribution < -0.4 is 4.74 Å². The highest BCUT2D eigenvalue weighted by Gasteiger charge is 2.36. The maximum absolute atomic E-state index is 12.3. The third kappa shape index (κ3) is 3.65. The van der Waals surface area contributed by atoms with Gasteiger partial charge in [-0.3, -0.25) is 9.59 Å². The largest absolute Gasteiger partial charge is 0.468 e. The first-order valence-corrected chi connectivity index (χ1v) is 8.00. The molecule has 1 aliphatic heterocycles. The van der Waals surface area contributed by atoms with E-state index in [1.54, 1.807) is 7.11 Å². The molecule has 0 radical (unpaired) electrons. The Balaban J connectivity index is 1.92. The van der Waals surface area contributed by atoms with Gasteiger partial charge in [0.25, 0.3) is 0 Å².